The lowest BCUT2D eigenvalue weighted by atomic mass is 10.1. The number of aromatic nitrogens is 1. The number of hydrogen-bond donors (Lipinski definition) is 1. The Morgan fingerprint density at radius 1 is 1.62 bits per heavy atom. The van der Waals surface area contributed by atoms with Crippen LogP contribution in [0, 0.1) is 0 Å². The van der Waals surface area contributed by atoms with Gasteiger partial charge in [-0.3, -0.25) is 0 Å². The highest BCUT2D eigenvalue weighted by Gasteiger charge is 2.20. The molecule has 0 radical (unpaired) electrons. The quantitative estimate of drug-likeness (QED) is 0.751. The van der Waals surface area contributed by atoms with Crippen LogP contribution < -0.4 is 4.90 Å². The fourth-order valence-electron chi connectivity index (χ4n) is 1.77. The summed E-state index contributed by atoms with van der Waals surface area (Å²) in [5, 5.41) is 11.8. The zero-order valence-electron chi connectivity index (χ0n) is 7.73. The molecule has 0 bridgehead atoms. The lowest BCUT2D eigenvalue weighted by Gasteiger charge is -2.32. The van der Waals surface area contributed by atoms with E-state index in [1.54, 1.807) is 5.38 Å². The van der Waals surface area contributed by atoms with Crippen molar-refractivity contribution in [1.29, 1.82) is 0 Å². The summed E-state index contributed by atoms with van der Waals surface area (Å²) < 4.78 is 0. The first-order valence-corrected chi connectivity index (χ1v) is 5.56. The monoisotopic (exact) mass is 198 g/mol. The van der Waals surface area contributed by atoms with Crippen molar-refractivity contribution >= 4 is 16.5 Å². The molecular formula is C9H14N2OS. The SMILES string of the molecule is CC1CCCCN1c1nc(O)cs1. The van der Waals surface area contributed by atoms with Gasteiger partial charge < -0.3 is 10.0 Å². The van der Waals surface area contributed by atoms with Gasteiger partial charge in [0.15, 0.2) is 5.13 Å². The maximum Gasteiger partial charge on any atom is 0.223 e. The molecule has 0 aliphatic carbocycles. The van der Waals surface area contributed by atoms with E-state index < -0.39 is 0 Å². The van der Waals surface area contributed by atoms with Gasteiger partial charge in [0, 0.05) is 12.6 Å². The van der Waals surface area contributed by atoms with Gasteiger partial charge >= 0.3 is 0 Å². The molecule has 2 rings (SSSR count). The zero-order chi connectivity index (χ0) is 9.26. The van der Waals surface area contributed by atoms with Crippen molar-refractivity contribution in [1.82, 2.24) is 4.98 Å². The number of nitrogens with zero attached hydrogens (tertiary/aromatic N) is 2. The van der Waals surface area contributed by atoms with E-state index in [0.717, 1.165) is 11.7 Å². The van der Waals surface area contributed by atoms with E-state index in [-0.39, 0.29) is 5.88 Å². The Bertz CT molecular complexity index is 287. The van der Waals surface area contributed by atoms with E-state index >= 15 is 0 Å². The first-order chi connectivity index (χ1) is 6.27. The summed E-state index contributed by atoms with van der Waals surface area (Å²) in [6.07, 6.45) is 3.79. The summed E-state index contributed by atoms with van der Waals surface area (Å²) in [4.78, 5) is 6.37. The molecule has 4 heteroatoms. The van der Waals surface area contributed by atoms with E-state index in [2.05, 4.69) is 16.8 Å². The van der Waals surface area contributed by atoms with E-state index in [4.69, 9.17) is 5.11 Å². The molecule has 1 fully saturated rings. The minimum absolute atomic E-state index is 0.151. The van der Waals surface area contributed by atoms with Crippen LogP contribution in [0.5, 0.6) is 5.88 Å². The molecule has 1 aliphatic rings. The second kappa shape index (κ2) is 3.54. The van der Waals surface area contributed by atoms with Gasteiger partial charge in [-0.1, -0.05) is 0 Å². The summed E-state index contributed by atoms with van der Waals surface area (Å²) >= 11 is 1.52. The van der Waals surface area contributed by atoms with Crippen LogP contribution in [0.15, 0.2) is 5.38 Å². The molecule has 1 unspecified atom stereocenters. The molecular weight excluding hydrogens is 184 g/mol. The highest BCUT2D eigenvalue weighted by Crippen LogP contribution is 2.29. The topological polar surface area (TPSA) is 36.4 Å². The number of thiazole rings is 1. The van der Waals surface area contributed by atoms with Gasteiger partial charge in [-0.05, 0) is 26.2 Å². The largest absolute Gasteiger partial charge is 0.493 e. The van der Waals surface area contributed by atoms with Crippen molar-refractivity contribution in [2.75, 3.05) is 11.4 Å². The minimum atomic E-state index is 0.151. The molecule has 1 N–H and O–H groups in total. The summed E-state index contributed by atoms with van der Waals surface area (Å²) in [5.41, 5.74) is 0. The van der Waals surface area contributed by atoms with E-state index in [9.17, 15) is 0 Å². The Balaban J connectivity index is 2.14. The normalized spacial score (nSPS) is 23.5. The Labute approximate surface area is 82.0 Å². The van der Waals surface area contributed by atoms with Crippen LogP contribution in [-0.4, -0.2) is 22.7 Å². The van der Waals surface area contributed by atoms with E-state index in [1.807, 2.05) is 0 Å². The summed E-state index contributed by atoms with van der Waals surface area (Å²) in [6.45, 7) is 3.30. The van der Waals surface area contributed by atoms with Crippen molar-refractivity contribution in [3.63, 3.8) is 0 Å². The molecule has 1 aromatic rings. The van der Waals surface area contributed by atoms with Crippen LogP contribution in [0.2, 0.25) is 0 Å². The highest BCUT2D eigenvalue weighted by molar-refractivity contribution is 7.13. The van der Waals surface area contributed by atoms with Gasteiger partial charge in [0.25, 0.3) is 0 Å². The Hall–Kier alpha value is -0.770. The van der Waals surface area contributed by atoms with Crippen LogP contribution in [0.25, 0.3) is 0 Å². The number of anilines is 1. The van der Waals surface area contributed by atoms with Gasteiger partial charge in [0.05, 0.1) is 5.38 Å². The predicted octanol–water partition coefficient (Wildman–Crippen LogP) is 2.23. The minimum Gasteiger partial charge on any atom is -0.493 e. The molecule has 13 heavy (non-hydrogen) atoms. The molecule has 72 valence electrons. The summed E-state index contributed by atoms with van der Waals surface area (Å²) in [6, 6.07) is 0.569. The molecule has 3 nitrogen and oxygen atoms in total. The van der Waals surface area contributed by atoms with E-state index in [1.165, 1.54) is 30.6 Å². The molecule has 0 spiro atoms. The lowest BCUT2D eigenvalue weighted by molar-refractivity contribution is 0.451. The molecule has 1 aromatic heterocycles. The van der Waals surface area contributed by atoms with Gasteiger partial charge in [-0.15, -0.1) is 11.3 Å². The number of piperidine rings is 1. The smallest absolute Gasteiger partial charge is 0.223 e. The lowest BCUT2D eigenvalue weighted by Crippen LogP contribution is -2.37. The van der Waals surface area contributed by atoms with Crippen molar-refractivity contribution in [2.45, 2.75) is 32.2 Å². The first kappa shape index (κ1) is 8.81. The standard InChI is InChI=1S/C9H14N2OS/c1-7-4-2-3-5-11(7)9-10-8(12)6-13-9/h6-7,12H,2-5H2,1H3. The molecule has 0 saturated carbocycles. The van der Waals surface area contributed by atoms with Gasteiger partial charge in [0.1, 0.15) is 0 Å². The molecule has 1 saturated heterocycles. The third kappa shape index (κ3) is 1.77. The average Bonchev–Trinajstić information content (AvgIpc) is 2.53. The fraction of sp³-hybridized carbons (Fsp3) is 0.667. The highest BCUT2D eigenvalue weighted by atomic mass is 32.1. The first-order valence-electron chi connectivity index (χ1n) is 4.68. The number of hydrogen-bond acceptors (Lipinski definition) is 4. The molecule has 1 atom stereocenters. The van der Waals surface area contributed by atoms with Crippen LogP contribution >= 0.6 is 11.3 Å². The summed E-state index contributed by atoms with van der Waals surface area (Å²) in [5.74, 6) is 0.151. The van der Waals surface area contributed by atoms with Gasteiger partial charge in [0.2, 0.25) is 5.88 Å². The second-order valence-corrected chi connectivity index (χ2v) is 4.36. The van der Waals surface area contributed by atoms with E-state index in [0.29, 0.717) is 6.04 Å². The van der Waals surface area contributed by atoms with Crippen LogP contribution in [0.1, 0.15) is 26.2 Å². The third-order valence-electron chi connectivity index (χ3n) is 2.53. The van der Waals surface area contributed by atoms with Crippen molar-refractivity contribution in [3.8, 4) is 5.88 Å². The molecule has 2 heterocycles. The Kier molecular flexibility index (Phi) is 2.40. The van der Waals surface area contributed by atoms with Gasteiger partial charge in [-0.25, -0.2) is 0 Å². The number of aromatic hydroxyl groups is 1. The summed E-state index contributed by atoms with van der Waals surface area (Å²) in [7, 11) is 0. The van der Waals surface area contributed by atoms with Crippen LogP contribution in [-0.2, 0) is 0 Å². The maximum atomic E-state index is 9.14. The predicted molar refractivity (Wildman–Crippen MR) is 54.4 cm³/mol. The van der Waals surface area contributed by atoms with Gasteiger partial charge in [-0.2, -0.15) is 4.98 Å². The molecule has 1 aliphatic heterocycles. The molecule has 0 aromatic carbocycles. The van der Waals surface area contributed by atoms with Crippen molar-refractivity contribution in [3.05, 3.63) is 5.38 Å². The molecule has 0 amide bonds. The average molecular weight is 198 g/mol. The number of rotatable bonds is 1. The van der Waals surface area contributed by atoms with Crippen LogP contribution in [0.4, 0.5) is 5.13 Å². The third-order valence-corrected chi connectivity index (χ3v) is 3.39. The zero-order valence-corrected chi connectivity index (χ0v) is 8.55. The van der Waals surface area contributed by atoms with Crippen molar-refractivity contribution < 1.29 is 5.11 Å². The second-order valence-electron chi connectivity index (χ2n) is 3.53. The maximum absolute atomic E-state index is 9.14. The van der Waals surface area contributed by atoms with Crippen molar-refractivity contribution in [2.24, 2.45) is 0 Å². The Morgan fingerprint density at radius 3 is 3.08 bits per heavy atom. The fourth-order valence-corrected chi connectivity index (χ4v) is 2.59. The Morgan fingerprint density at radius 2 is 2.46 bits per heavy atom. The van der Waals surface area contributed by atoms with Crippen LogP contribution in [0.3, 0.4) is 0 Å².